The summed E-state index contributed by atoms with van der Waals surface area (Å²) < 4.78 is 5.72. The molecule has 0 saturated heterocycles. The van der Waals surface area contributed by atoms with Crippen molar-refractivity contribution in [2.75, 3.05) is 0 Å². The van der Waals surface area contributed by atoms with Crippen LogP contribution < -0.4 is 11.3 Å². The van der Waals surface area contributed by atoms with Crippen LogP contribution in [0.3, 0.4) is 0 Å². The molecule has 1 atom stereocenters. The number of halogens is 1. The Hall–Kier alpha value is -0.760. The topological polar surface area (TPSA) is 51.2 Å². The summed E-state index contributed by atoms with van der Waals surface area (Å²) >= 11 is 3.19. The highest BCUT2D eigenvalue weighted by Gasteiger charge is 2.10. The lowest BCUT2D eigenvalue weighted by atomic mass is 10.1. The van der Waals surface area contributed by atoms with Gasteiger partial charge < -0.3 is 4.42 Å². The molecule has 0 spiro atoms. The summed E-state index contributed by atoms with van der Waals surface area (Å²) in [5, 5.41) is 0. The predicted octanol–water partition coefficient (Wildman–Crippen LogP) is 1.57. The monoisotopic (exact) mass is 228 g/mol. The van der Waals surface area contributed by atoms with Crippen molar-refractivity contribution in [1.82, 2.24) is 5.43 Å². The Kier molecular flexibility index (Phi) is 3.35. The lowest BCUT2D eigenvalue weighted by molar-refractivity contribution is 0.520. The Labute approximate surface area is 79.4 Å². The molecule has 0 bridgehead atoms. The number of terminal acetylenes is 1. The van der Waals surface area contributed by atoms with Crippen molar-refractivity contribution in [3.8, 4) is 12.3 Å². The number of rotatable bonds is 3. The van der Waals surface area contributed by atoms with E-state index in [9.17, 15) is 0 Å². The van der Waals surface area contributed by atoms with E-state index in [1.165, 1.54) is 0 Å². The molecule has 3 nitrogen and oxygen atoms in total. The molecule has 0 radical (unpaired) electrons. The molecule has 0 aliphatic heterocycles. The average molecular weight is 229 g/mol. The van der Waals surface area contributed by atoms with Crippen molar-refractivity contribution >= 4 is 15.9 Å². The molecule has 1 rings (SSSR count). The first-order chi connectivity index (χ1) is 5.77. The van der Waals surface area contributed by atoms with E-state index < -0.39 is 0 Å². The van der Waals surface area contributed by atoms with Gasteiger partial charge in [-0.2, -0.15) is 0 Å². The van der Waals surface area contributed by atoms with Crippen LogP contribution in [0.5, 0.6) is 0 Å². The predicted molar refractivity (Wildman–Crippen MR) is 49.9 cm³/mol. The molecule has 0 aliphatic rings. The summed E-state index contributed by atoms with van der Waals surface area (Å²) in [6.45, 7) is 0. The highest BCUT2D eigenvalue weighted by atomic mass is 79.9. The molecule has 0 aromatic carbocycles. The van der Waals surface area contributed by atoms with E-state index in [0.717, 1.165) is 5.56 Å². The van der Waals surface area contributed by atoms with Gasteiger partial charge in [-0.3, -0.25) is 11.3 Å². The van der Waals surface area contributed by atoms with Gasteiger partial charge in [-0.25, -0.2) is 0 Å². The summed E-state index contributed by atoms with van der Waals surface area (Å²) in [5.41, 5.74) is 3.56. The minimum atomic E-state index is -0.0370. The summed E-state index contributed by atoms with van der Waals surface area (Å²) in [6, 6.07) is 1.80. The third kappa shape index (κ3) is 2.11. The molecule has 0 fully saturated rings. The van der Waals surface area contributed by atoms with E-state index in [1.807, 2.05) is 6.07 Å². The van der Waals surface area contributed by atoms with Crippen molar-refractivity contribution in [3.63, 3.8) is 0 Å². The van der Waals surface area contributed by atoms with Crippen LogP contribution in [0.25, 0.3) is 0 Å². The summed E-state index contributed by atoms with van der Waals surface area (Å²) in [7, 11) is 0. The highest BCUT2D eigenvalue weighted by Crippen LogP contribution is 2.21. The van der Waals surface area contributed by atoms with Gasteiger partial charge in [0.25, 0.3) is 0 Å². The molecule has 4 heteroatoms. The Balaban J connectivity index is 2.74. The van der Waals surface area contributed by atoms with Gasteiger partial charge in [-0.1, -0.05) is 0 Å². The normalized spacial score (nSPS) is 12.4. The molecule has 0 aliphatic carbocycles. The lowest BCUT2D eigenvalue weighted by Crippen LogP contribution is -2.27. The summed E-state index contributed by atoms with van der Waals surface area (Å²) in [6.07, 6.45) is 7.32. The summed E-state index contributed by atoms with van der Waals surface area (Å²) in [5.74, 6) is 7.82. The maximum Gasteiger partial charge on any atom is 0.169 e. The minimum absolute atomic E-state index is 0.0370. The zero-order chi connectivity index (χ0) is 8.97. The first-order valence-corrected chi connectivity index (χ1v) is 4.20. The maximum absolute atomic E-state index is 5.30. The number of furan rings is 1. The van der Waals surface area contributed by atoms with E-state index in [0.29, 0.717) is 11.1 Å². The first kappa shape index (κ1) is 9.33. The first-order valence-electron chi connectivity index (χ1n) is 3.41. The molecule has 1 aromatic rings. The van der Waals surface area contributed by atoms with Gasteiger partial charge in [0.05, 0.1) is 12.3 Å². The fourth-order valence-electron chi connectivity index (χ4n) is 0.897. The molecule has 64 valence electrons. The molecule has 1 heterocycles. The van der Waals surface area contributed by atoms with Crippen LogP contribution in [0, 0.1) is 12.3 Å². The third-order valence-corrected chi connectivity index (χ3v) is 1.93. The van der Waals surface area contributed by atoms with Gasteiger partial charge in [0.1, 0.15) is 0 Å². The van der Waals surface area contributed by atoms with E-state index in [1.54, 1.807) is 6.26 Å². The van der Waals surface area contributed by atoms with Crippen LogP contribution >= 0.6 is 15.9 Å². The van der Waals surface area contributed by atoms with Crippen LogP contribution in [0.15, 0.2) is 21.4 Å². The largest absolute Gasteiger partial charge is 0.457 e. The third-order valence-electron chi connectivity index (χ3n) is 1.51. The van der Waals surface area contributed by atoms with Crippen molar-refractivity contribution in [2.45, 2.75) is 12.5 Å². The number of hydrazine groups is 1. The summed E-state index contributed by atoms with van der Waals surface area (Å²) in [4.78, 5) is 0. The lowest BCUT2D eigenvalue weighted by Gasteiger charge is -2.08. The standard InChI is InChI=1S/C8H9BrN2O/c1-2-3-7(11-10)6-4-8(9)12-5-6/h1,4-5,7,11H,3,10H2. The molecule has 1 unspecified atom stereocenters. The molecular weight excluding hydrogens is 220 g/mol. The van der Waals surface area contributed by atoms with Gasteiger partial charge >= 0.3 is 0 Å². The molecule has 0 saturated carbocycles. The highest BCUT2D eigenvalue weighted by molar-refractivity contribution is 9.10. The fourth-order valence-corrected chi connectivity index (χ4v) is 1.25. The molecule has 0 amide bonds. The minimum Gasteiger partial charge on any atom is -0.457 e. The molecule has 3 N–H and O–H groups in total. The number of nitrogens with two attached hydrogens (primary N) is 1. The number of hydrogen-bond acceptors (Lipinski definition) is 3. The quantitative estimate of drug-likeness (QED) is 0.470. The smallest absolute Gasteiger partial charge is 0.169 e. The van der Waals surface area contributed by atoms with E-state index in [-0.39, 0.29) is 6.04 Å². The van der Waals surface area contributed by atoms with Gasteiger partial charge in [0, 0.05) is 12.0 Å². The van der Waals surface area contributed by atoms with E-state index >= 15 is 0 Å². The van der Waals surface area contributed by atoms with Gasteiger partial charge in [-0.15, -0.1) is 12.3 Å². The number of nitrogens with one attached hydrogen (secondary N) is 1. The Bertz CT molecular complexity index is 289. The Morgan fingerprint density at radius 1 is 1.83 bits per heavy atom. The van der Waals surface area contributed by atoms with Crippen molar-refractivity contribution in [2.24, 2.45) is 5.84 Å². The van der Waals surface area contributed by atoms with Gasteiger partial charge in [-0.05, 0) is 22.0 Å². The molecular formula is C8H9BrN2O. The average Bonchev–Trinajstić information content (AvgIpc) is 2.47. The van der Waals surface area contributed by atoms with Crippen LogP contribution in [0.4, 0.5) is 0 Å². The van der Waals surface area contributed by atoms with Crippen LogP contribution in [0.1, 0.15) is 18.0 Å². The van der Waals surface area contributed by atoms with E-state index in [4.69, 9.17) is 16.7 Å². The van der Waals surface area contributed by atoms with Crippen molar-refractivity contribution in [1.29, 1.82) is 0 Å². The van der Waals surface area contributed by atoms with Crippen LogP contribution in [-0.4, -0.2) is 0 Å². The van der Waals surface area contributed by atoms with Gasteiger partial charge in [0.15, 0.2) is 4.67 Å². The zero-order valence-corrected chi connectivity index (χ0v) is 7.97. The van der Waals surface area contributed by atoms with Crippen molar-refractivity contribution in [3.05, 3.63) is 22.6 Å². The van der Waals surface area contributed by atoms with Crippen LogP contribution in [0.2, 0.25) is 0 Å². The number of hydrogen-bond donors (Lipinski definition) is 2. The fraction of sp³-hybridized carbons (Fsp3) is 0.250. The van der Waals surface area contributed by atoms with Crippen LogP contribution in [-0.2, 0) is 0 Å². The second-order valence-corrected chi connectivity index (χ2v) is 3.09. The second kappa shape index (κ2) is 4.31. The Morgan fingerprint density at radius 2 is 2.58 bits per heavy atom. The Morgan fingerprint density at radius 3 is 3.00 bits per heavy atom. The SMILES string of the molecule is C#CCC(NN)c1coc(Br)c1. The molecule has 12 heavy (non-hydrogen) atoms. The maximum atomic E-state index is 5.30. The van der Waals surface area contributed by atoms with Crippen molar-refractivity contribution < 1.29 is 4.42 Å². The second-order valence-electron chi connectivity index (χ2n) is 2.31. The molecule has 1 aromatic heterocycles. The van der Waals surface area contributed by atoms with E-state index in [2.05, 4.69) is 27.3 Å². The zero-order valence-electron chi connectivity index (χ0n) is 6.38. The van der Waals surface area contributed by atoms with Gasteiger partial charge in [0.2, 0.25) is 0 Å².